The summed E-state index contributed by atoms with van der Waals surface area (Å²) in [5, 5.41) is 10.0. The molecule has 17 heavy (non-hydrogen) atoms. The minimum atomic E-state index is -0.809. The molecule has 0 radical (unpaired) electrons. The van der Waals surface area contributed by atoms with Crippen molar-refractivity contribution in [3.8, 4) is 0 Å². The summed E-state index contributed by atoms with van der Waals surface area (Å²) >= 11 is 11.8. The van der Waals surface area contributed by atoms with Crippen molar-refractivity contribution in [3.63, 3.8) is 0 Å². The van der Waals surface area contributed by atoms with Crippen LogP contribution >= 0.6 is 23.2 Å². The van der Waals surface area contributed by atoms with Crippen molar-refractivity contribution < 1.29 is 9.90 Å². The molecule has 0 heterocycles. The van der Waals surface area contributed by atoms with Gasteiger partial charge in [-0.15, -0.1) is 0 Å². The molecule has 5 heteroatoms. The number of carboxylic acid groups (broad SMARTS) is 1. The van der Waals surface area contributed by atoms with Crippen LogP contribution in [-0.4, -0.2) is 24.2 Å². The standard InChI is InChI=1S/C12H15Cl2NO2/c1-3-15(7-8(2)12(16)17)11-5-9(13)4-10(14)6-11/h4-6,8H,3,7H2,1-2H3,(H,16,17). The largest absolute Gasteiger partial charge is 0.481 e. The molecule has 0 aliphatic rings. The lowest BCUT2D eigenvalue weighted by molar-refractivity contribution is -0.140. The lowest BCUT2D eigenvalue weighted by Crippen LogP contribution is -2.31. The van der Waals surface area contributed by atoms with Crippen molar-refractivity contribution in [2.24, 2.45) is 5.92 Å². The Morgan fingerprint density at radius 1 is 1.35 bits per heavy atom. The number of hydrogen-bond donors (Lipinski definition) is 1. The summed E-state index contributed by atoms with van der Waals surface area (Å²) < 4.78 is 0. The van der Waals surface area contributed by atoms with Crippen LogP contribution in [0, 0.1) is 5.92 Å². The first-order valence-corrected chi connectivity index (χ1v) is 6.13. The predicted molar refractivity (Wildman–Crippen MR) is 71.1 cm³/mol. The maximum absolute atomic E-state index is 10.8. The smallest absolute Gasteiger partial charge is 0.308 e. The topological polar surface area (TPSA) is 40.5 Å². The summed E-state index contributed by atoms with van der Waals surface area (Å²) in [6.45, 7) is 4.78. The SMILES string of the molecule is CCN(CC(C)C(=O)O)c1cc(Cl)cc(Cl)c1. The van der Waals surface area contributed by atoms with E-state index in [0.29, 0.717) is 23.1 Å². The molecule has 0 aliphatic heterocycles. The quantitative estimate of drug-likeness (QED) is 0.894. The third-order valence-electron chi connectivity index (χ3n) is 2.51. The Labute approximate surface area is 111 Å². The number of rotatable bonds is 5. The molecule has 3 nitrogen and oxygen atoms in total. The van der Waals surface area contributed by atoms with Gasteiger partial charge in [-0.1, -0.05) is 30.1 Å². The van der Waals surface area contributed by atoms with Crippen molar-refractivity contribution in [2.45, 2.75) is 13.8 Å². The van der Waals surface area contributed by atoms with Crippen molar-refractivity contribution in [2.75, 3.05) is 18.0 Å². The maximum Gasteiger partial charge on any atom is 0.308 e. The molecule has 0 amide bonds. The summed E-state index contributed by atoms with van der Waals surface area (Å²) in [6, 6.07) is 5.22. The third kappa shape index (κ3) is 4.10. The highest BCUT2D eigenvalue weighted by atomic mass is 35.5. The van der Waals surface area contributed by atoms with Gasteiger partial charge in [-0.3, -0.25) is 4.79 Å². The van der Waals surface area contributed by atoms with E-state index in [-0.39, 0.29) is 0 Å². The second-order valence-corrected chi connectivity index (χ2v) is 4.78. The van der Waals surface area contributed by atoms with E-state index in [0.717, 1.165) is 5.69 Å². The maximum atomic E-state index is 10.8. The number of anilines is 1. The fourth-order valence-corrected chi connectivity index (χ4v) is 2.06. The fourth-order valence-electron chi connectivity index (χ4n) is 1.55. The van der Waals surface area contributed by atoms with Crippen LogP contribution in [0.15, 0.2) is 18.2 Å². The molecule has 1 atom stereocenters. The summed E-state index contributed by atoms with van der Waals surface area (Å²) in [5.74, 6) is -1.25. The van der Waals surface area contributed by atoms with Crippen LogP contribution in [0.3, 0.4) is 0 Å². The molecule has 1 aromatic carbocycles. The van der Waals surface area contributed by atoms with Gasteiger partial charge < -0.3 is 10.0 Å². The van der Waals surface area contributed by atoms with E-state index in [1.165, 1.54) is 0 Å². The average Bonchev–Trinajstić information content (AvgIpc) is 2.23. The first-order chi connectivity index (χ1) is 7.93. The molecule has 0 spiro atoms. The van der Waals surface area contributed by atoms with E-state index in [9.17, 15) is 4.79 Å². The van der Waals surface area contributed by atoms with Gasteiger partial charge in [-0.25, -0.2) is 0 Å². The normalized spacial score (nSPS) is 12.2. The van der Waals surface area contributed by atoms with Gasteiger partial charge >= 0.3 is 5.97 Å². The second-order valence-electron chi connectivity index (χ2n) is 3.91. The predicted octanol–water partition coefficient (Wildman–Crippen LogP) is 3.54. The number of carbonyl (C=O) groups is 1. The minimum Gasteiger partial charge on any atom is -0.481 e. The molecule has 94 valence electrons. The molecule has 0 bridgehead atoms. The molecule has 1 unspecified atom stereocenters. The zero-order valence-corrected chi connectivity index (χ0v) is 11.3. The highest BCUT2D eigenvalue weighted by Crippen LogP contribution is 2.25. The molecule has 1 rings (SSSR count). The fraction of sp³-hybridized carbons (Fsp3) is 0.417. The monoisotopic (exact) mass is 275 g/mol. The molecule has 0 saturated heterocycles. The Kier molecular flexibility index (Phi) is 5.09. The Morgan fingerprint density at radius 3 is 2.29 bits per heavy atom. The van der Waals surface area contributed by atoms with Gasteiger partial charge in [-0.05, 0) is 25.1 Å². The Hall–Kier alpha value is -0.930. The van der Waals surface area contributed by atoms with E-state index in [1.807, 2.05) is 11.8 Å². The third-order valence-corrected chi connectivity index (χ3v) is 2.95. The summed E-state index contributed by atoms with van der Waals surface area (Å²) in [6.07, 6.45) is 0. The van der Waals surface area contributed by atoms with Gasteiger partial charge in [0.05, 0.1) is 5.92 Å². The Bertz CT molecular complexity index is 389. The summed E-state index contributed by atoms with van der Waals surface area (Å²) in [4.78, 5) is 12.8. The lowest BCUT2D eigenvalue weighted by Gasteiger charge is -2.25. The number of hydrogen-bond acceptors (Lipinski definition) is 2. The average molecular weight is 276 g/mol. The minimum absolute atomic E-state index is 0.433. The number of nitrogens with zero attached hydrogens (tertiary/aromatic N) is 1. The summed E-state index contributed by atoms with van der Waals surface area (Å²) in [5.41, 5.74) is 0.845. The van der Waals surface area contributed by atoms with E-state index in [1.54, 1.807) is 25.1 Å². The molecule has 0 saturated carbocycles. The van der Waals surface area contributed by atoms with E-state index < -0.39 is 11.9 Å². The summed E-state index contributed by atoms with van der Waals surface area (Å²) in [7, 11) is 0. The first-order valence-electron chi connectivity index (χ1n) is 5.38. The molecule has 1 aromatic rings. The van der Waals surface area contributed by atoms with Gasteiger partial charge in [0.1, 0.15) is 0 Å². The van der Waals surface area contributed by atoms with Gasteiger partial charge in [0, 0.05) is 28.8 Å². The van der Waals surface area contributed by atoms with Crippen molar-refractivity contribution in [1.29, 1.82) is 0 Å². The number of benzene rings is 1. The Morgan fingerprint density at radius 2 is 1.88 bits per heavy atom. The van der Waals surface area contributed by atoms with Crippen LogP contribution in [0.4, 0.5) is 5.69 Å². The van der Waals surface area contributed by atoms with Crippen molar-refractivity contribution >= 4 is 34.9 Å². The molecular formula is C12H15Cl2NO2. The van der Waals surface area contributed by atoms with Crippen LogP contribution in [0.2, 0.25) is 10.0 Å². The zero-order chi connectivity index (χ0) is 13.0. The van der Waals surface area contributed by atoms with Crippen LogP contribution < -0.4 is 4.90 Å². The van der Waals surface area contributed by atoms with Crippen LogP contribution in [0.25, 0.3) is 0 Å². The van der Waals surface area contributed by atoms with Gasteiger partial charge in [-0.2, -0.15) is 0 Å². The van der Waals surface area contributed by atoms with E-state index in [4.69, 9.17) is 28.3 Å². The molecule has 0 aliphatic carbocycles. The highest BCUT2D eigenvalue weighted by Gasteiger charge is 2.16. The van der Waals surface area contributed by atoms with Crippen LogP contribution in [0.5, 0.6) is 0 Å². The highest BCUT2D eigenvalue weighted by molar-refractivity contribution is 6.35. The van der Waals surface area contributed by atoms with Crippen molar-refractivity contribution in [3.05, 3.63) is 28.2 Å². The lowest BCUT2D eigenvalue weighted by atomic mass is 10.1. The second kappa shape index (κ2) is 6.12. The zero-order valence-electron chi connectivity index (χ0n) is 9.78. The van der Waals surface area contributed by atoms with Gasteiger partial charge in [0.25, 0.3) is 0 Å². The van der Waals surface area contributed by atoms with Crippen LogP contribution in [-0.2, 0) is 4.79 Å². The van der Waals surface area contributed by atoms with E-state index in [2.05, 4.69) is 0 Å². The van der Waals surface area contributed by atoms with Gasteiger partial charge in [0.15, 0.2) is 0 Å². The molecule has 0 fully saturated rings. The van der Waals surface area contributed by atoms with Crippen molar-refractivity contribution in [1.82, 2.24) is 0 Å². The van der Waals surface area contributed by atoms with E-state index >= 15 is 0 Å². The number of halogens is 2. The van der Waals surface area contributed by atoms with Crippen LogP contribution in [0.1, 0.15) is 13.8 Å². The first kappa shape index (κ1) is 14.1. The molecule has 0 aromatic heterocycles. The number of aliphatic carboxylic acids is 1. The Balaban J connectivity index is 2.89. The number of carboxylic acids is 1. The van der Waals surface area contributed by atoms with Gasteiger partial charge in [0.2, 0.25) is 0 Å². The molecule has 1 N–H and O–H groups in total. The molecular weight excluding hydrogens is 261 g/mol.